The molecule has 0 aliphatic carbocycles. The first-order valence-electron chi connectivity index (χ1n) is 8.00. The third-order valence-electron chi connectivity index (χ3n) is 4.57. The normalized spacial score (nSPS) is 21.4. The second-order valence-corrected chi connectivity index (χ2v) is 6.12. The number of likely N-dealkylation sites (tertiary alicyclic amines) is 1. The maximum absolute atomic E-state index is 12.6. The zero-order chi connectivity index (χ0) is 16.2. The van der Waals surface area contributed by atoms with Gasteiger partial charge in [-0.2, -0.15) is 0 Å². The number of urea groups is 1. The molecule has 1 aliphatic rings. The van der Waals surface area contributed by atoms with Crippen molar-refractivity contribution in [3.63, 3.8) is 0 Å². The van der Waals surface area contributed by atoms with Crippen LogP contribution in [0.25, 0.3) is 0 Å². The van der Waals surface area contributed by atoms with Gasteiger partial charge in [0.25, 0.3) is 0 Å². The standard InChI is InChI=1S/C16H27N3O3/c1-5-7-16(11-21-4)8-6-9-19(16)15(20)17-10-14-12(2)18-22-13(14)3/h5-11H2,1-4H3,(H,17,20)/t16-/m0/s1. The lowest BCUT2D eigenvalue weighted by Crippen LogP contribution is -2.53. The monoisotopic (exact) mass is 309 g/mol. The van der Waals surface area contributed by atoms with E-state index in [9.17, 15) is 4.79 Å². The van der Waals surface area contributed by atoms with Gasteiger partial charge in [0.15, 0.2) is 0 Å². The third-order valence-corrected chi connectivity index (χ3v) is 4.57. The van der Waals surface area contributed by atoms with E-state index in [4.69, 9.17) is 9.26 Å². The molecule has 6 heteroatoms. The molecule has 124 valence electrons. The lowest BCUT2D eigenvalue weighted by Gasteiger charge is -2.38. The molecular weight excluding hydrogens is 282 g/mol. The van der Waals surface area contributed by atoms with E-state index in [1.807, 2.05) is 18.7 Å². The van der Waals surface area contributed by atoms with Crippen LogP contribution in [0.15, 0.2) is 4.52 Å². The Hall–Kier alpha value is -1.56. The number of methoxy groups -OCH3 is 1. The van der Waals surface area contributed by atoms with E-state index < -0.39 is 0 Å². The molecule has 2 amide bonds. The highest BCUT2D eigenvalue weighted by molar-refractivity contribution is 5.75. The molecule has 1 aromatic heterocycles. The zero-order valence-corrected chi connectivity index (χ0v) is 14.1. The summed E-state index contributed by atoms with van der Waals surface area (Å²) in [6.45, 7) is 7.74. The number of aryl methyl sites for hydroxylation is 2. The maximum atomic E-state index is 12.6. The molecule has 1 aliphatic heterocycles. The van der Waals surface area contributed by atoms with Gasteiger partial charge in [-0.1, -0.05) is 18.5 Å². The van der Waals surface area contributed by atoms with Crippen LogP contribution in [0.1, 0.15) is 49.6 Å². The first kappa shape index (κ1) is 16.8. The summed E-state index contributed by atoms with van der Waals surface area (Å²) in [5, 5.41) is 6.93. The second kappa shape index (κ2) is 7.13. The van der Waals surface area contributed by atoms with Crippen molar-refractivity contribution in [2.45, 2.75) is 58.5 Å². The van der Waals surface area contributed by atoms with Gasteiger partial charge in [0.1, 0.15) is 5.76 Å². The minimum Gasteiger partial charge on any atom is -0.382 e. The molecule has 1 N–H and O–H groups in total. The molecule has 0 saturated carbocycles. The number of aromatic nitrogens is 1. The summed E-state index contributed by atoms with van der Waals surface area (Å²) in [7, 11) is 1.70. The molecule has 1 fully saturated rings. The fourth-order valence-electron chi connectivity index (χ4n) is 3.49. The SMILES string of the molecule is CCC[C@@]1(COC)CCCN1C(=O)NCc1c(C)noc1C. The molecule has 0 spiro atoms. The number of carbonyl (C=O) groups excluding carboxylic acids is 1. The average Bonchev–Trinajstić information content (AvgIpc) is 3.02. The maximum Gasteiger partial charge on any atom is 0.318 e. The Morgan fingerprint density at radius 1 is 1.50 bits per heavy atom. The molecule has 22 heavy (non-hydrogen) atoms. The lowest BCUT2D eigenvalue weighted by atomic mass is 9.91. The third kappa shape index (κ3) is 3.27. The topological polar surface area (TPSA) is 67.6 Å². The minimum absolute atomic E-state index is 0.0250. The average molecular weight is 309 g/mol. The number of rotatable bonds is 6. The van der Waals surface area contributed by atoms with Crippen LogP contribution >= 0.6 is 0 Å². The van der Waals surface area contributed by atoms with E-state index in [1.54, 1.807) is 7.11 Å². The van der Waals surface area contributed by atoms with Gasteiger partial charge in [0.2, 0.25) is 0 Å². The lowest BCUT2D eigenvalue weighted by molar-refractivity contribution is 0.0500. The Kier molecular flexibility index (Phi) is 5.45. The summed E-state index contributed by atoms with van der Waals surface area (Å²) in [5.74, 6) is 0.760. The molecule has 0 unspecified atom stereocenters. The number of ether oxygens (including phenoxy) is 1. The van der Waals surface area contributed by atoms with Crippen molar-refractivity contribution in [3.05, 3.63) is 17.0 Å². The highest BCUT2D eigenvalue weighted by Gasteiger charge is 2.42. The van der Waals surface area contributed by atoms with Crippen LogP contribution in [0.2, 0.25) is 0 Å². The van der Waals surface area contributed by atoms with E-state index in [0.29, 0.717) is 13.2 Å². The van der Waals surface area contributed by atoms with Crippen LogP contribution in [-0.4, -0.2) is 41.9 Å². The van der Waals surface area contributed by atoms with E-state index in [2.05, 4.69) is 17.4 Å². The van der Waals surface area contributed by atoms with Crippen molar-refractivity contribution >= 4 is 6.03 Å². The molecule has 2 heterocycles. The number of nitrogens with zero attached hydrogens (tertiary/aromatic N) is 2. The van der Waals surface area contributed by atoms with E-state index in [0.717, 1.165) is 49.2 Å². The quantitative estimate of drug-likeness (QED) is 0.877. The van der Waals surface area contributed by atoms with Crippen LogP contribution in [0.4, 0.5) is 4.79 Å². The fraction of sp³-hybridized carbons (Fsp3) is 0.750. The summed E-state index contributed by atoms with van der Waals surface area (Å²) in [6, 6.07) is -0.0250. The van der Waals surface area contributed by atoms with Crippen LogP contribution in [0, 0.1) is 13.8 Å². The molecule has 1 saturated heterocycles. The van der Waals surface area contributed by atoms with Gasteiger partial charge in [0, 0.05) is 25.8 Å². The van der Waals surface area contributed by atoms with Gasteiger partial charge >= 0.3 is 6.03 Å². The summed E-state index contributed by atoms with van der Waals surface area (Å²) in [4.78, 5) is 14.6. The van der Waals surface area contributed by atoms with Crippen molar-refractivity contribution in [2.75, 3.05) is 20.3 Å². The van der Waals surface area contributed by atoms with Gasteiger partial charge in [-0.3, -0.25) is 0 Å². The smallest absolute Gasteiger partial charge is 0.318 e. The number of carbonyl (C=O) groups is 1. The highest BCUT2D eigenvalue weighted by atomic mass is 16.5. The van der Waals surface area contributed by atoms with Crippen molar-refractivity contribution in [1.82, 2.24) is 15.4 Å². The number of nitrogens with one attached hydrogen (secondary N) is 1. The molecular formula is C16H27N3O3. The van der Waals surface area contributed by atoms with E-state index >= 15 is 0 Å². The second-order valence-electron chi connectivity index (χ2n) is 6.12. The van der Waals surface area contributed by atoms with Crippen molar-refractivity contribution in [2.24, 2.45) is 0 Å². The molecule has 0 aromatic carbocycles. The van der Waals surface area contributed by atoms with Gasteiger partial charge in [-0.05, 0) is 33.1 Å². The summed E-state index contributed by atoms with van der Waals surface area (Å²) >= 11 is 0. The molecule has 1 atom stereocenters. The number of hydrogen-bond acceptors (Lipinski definition) is 4. The number of amides is 2. The molecule has 6 nitrogen and oxygen atoms in total. The Morgan fingerprint density at radius 2 is 2.27 bits per heavy atom. The molecule has 2 rings (SSSR count). The zero-order valence-electron chi connectivity index (χ0n) is 14.1. The van der Waals surface area contributed by atoms with Crippen LogP contribution in [0.3, 0.4) is 0 Å². The van der Waals surface area contributed by atoms with Crippen molar-refractivity contribution in [3.8, 4) is 0 Å². The minimum atomic E-state index is -0.160. The van der Waals surface area contributed by atoms with E-state index in [-0.39, 0.29) is 11.6 Å². The first-order chi connectivity index (χ1) is 10.5. The fourth-order valence-corrected chi connectivity index (χ4v) is 3.49. The predicted octanol–water partition coefficient (Wildman–Crippen LogP) is 2.78. The Morgan fingerprint density at radius 3 is 2.86 bits per heavy atom. The first-order valence-corrected chi connectivity index (χ1v) is 8.00. The van der Waals surface area contributed by atoms with E-state index in [1.165, 1.54) is 0 Å². The largest absolute Gasteiger partial charge is 0.382 e. The summed E-state index contributed by atoms with van der Waals surface area (Å²) in [5.41, 5.74) is 1.63. The Balaban J connectivity index is 2.04. The molecule has 1 aromatic rings. The Bertz CT molecular complexity index is 487. The van der Waals surface area contributed by atoms with Crippen molar-refractivity contribution < 1.29 is 14.1 Å². The van der Waals surface area contributed by atoms with Gasteiger partial charge in [-0.15, -0.1) is 0 Å². The van der Waals surface area contributed by atoms with Crippen LogP contribution in [-0.2, 0) is 11.3 Å². The summed E-state index contributed by atoms with van der Waals surface area (Å²) < 4.78 is 10.5. The Labute approximate surface area is 132 Å². The predicted molar refractivity (Wildman–Crippen MR) is 83.7 cm³/mol. The van der Waals surface area contributed by atoms with Crippen molar-refractivity contribution in [1.29, 1.82) is 0 Å². The van der Waals surface area contributed by atoms with Crippen LogP contribution < -0.4 is 5.32 Å². The van der Waals surface area contributed by atoms with Gasteiger partial charge < -0.3 is 19.5 Å². The molecule has 0 bridgehead atoms. The summed E-state index contributed by atoms with van der Waals surface area (Å²) in [6.07, 6.45) is 4.05. The molecule has 0 radical (unpaired) electrons. The number of hydrogen-bond donors (Lipinski definition) is 1. The highest BCUT2D eigenvalue weighted by Crippen LogP contribution is 2.34. The van der Waals surface area contributed by atoms with Gasteiger partial charge in [-0.25, -0.2) is 4.79 Å². The van der Waals surface area contributed by atoms with Gasteiger partial charge in [0.05, 0.1) is 17.8 Å². The van der Waals surface area contributed by atoms with Crippen LogP contribution in [0.5, 0.6) is 0 Å².